The molecule has 0 N–H and O–H groups in total. The van der Waals surface area contributed by atoms with E-state index in [2.05, 4.69) is 75.0 Å². The van der Waals surface area contributed by atoms with Gasteiger partial charge in [-0.05, 0) is 99.5 Å². The third kappa shape index (κ3) is 5.67. The van der Waals surface area contributed by atoms with Gasteiger partial charge in [-0.3, -0.25) is 19.8 Å². The second kappa shape index (κ2) is 11.7. The molecule has 38 heavy (non-hydrogen) atoms. The molecule has 0 spiro atoms. The van der Waals surface area contributed by atoms with E-state index in [1.54, 1.807) is 0 Å². The van der Waals surface area contributed by atoms with Gasteiger partial charge in [-0.2, -0.15) is 0 Å². The van der Waals surface area contributed by atoms with Gasteiger partial charge < -0.3 is 4.57 Å². The van der Waals surface area contributed by atoms with Crippen LogP contribution in [0.25, 0.3) is 12.2 Å². The monoisotopic (exact) mass is 508 g/mol. The van der Waals surface area contributed by atoms with Crippen molar-refractivity contribution < 1.29 is 0 Å². The highest BCUT2D eigenvalue weighted by Gasteiger charge is 2.28. The van der Waals surface area contributed by atoms with Crippen molar-refractivity contribution in [2.75, 3.05) is 20.1 Å². The van der Waals surface area contributed by atoms with Crippen molar-refractivity contribution in [1.29, 1.82) is 0 Å². The van der Waals surface area contributed by atoms with Gasteiger partial charge in [0.1, 0.15) is 5.82 Å². The van der Waals surface area contributed by atoms with Crippen molar-refractivity contribution >= 4 is 12.2 Å². The van der Waals surface area contributed by atoms with Gasteiger partial charge in [-0.25, -0.2) is 4.98 Å². The summed E-state index contributed by atoms with van der Waals surface area (Å²) in [5.74, 6) is 1.79. The number of fused-ring (bicyclic) bond motifs is 2. The standard InChI is InChI=1S/C32H40N6/c1-36(30-14-7-10-27-11-8-17-34-32(27)30)24-31-35-28-12-3-2-4-13-29(28)38(31)23-26-9-5-6-20-37(22-26)21-25-15-18-33-19-16-25/h3-4,8,11-13,15-19,26,30H,2,5-7,9-10,14,20-24H2,1H3/t26-,30-/m0/s1. The van der Waals surface area contributed by atoms with Crippen molar-refractivity contribution in [3.63, 3.8) is 0 Å². The molecule has 4 heterocycles. The molecule has 6 nitrogen and oxygen atoms in total. The summed E-state index contributed by atoms with van der Waals surface area (Å²) in [7, 11) is 2.26. The summed E-state index contributed by atoms with van der Waals surface area (Å²) in [6.07, 6.45) is 23.1. The van der Waals surface area contributed by atoms with Gasteiger partial charge >= 0.3 is 0 Å². The Hall–Kier alpha value is -3.09. The van der Waals surface area contributed by atoms with Gasteiger partial charge in [0.15, 0.2) is 0 Å². The third-order valence-corrected chi connectivity index (χ3v) is 8.48. The zero-order valence-electron chi connectivity index (χ0n) is 22.7. The Morgan fingerprint density at radius 1 is 1.00 bits per heavy atom. The van der Waals surface area contributed by atoms with Crippen LogP contribution in [0.2, 0.25) is 0 Å². The molecule has 3 aliphatic rings. The molecule has 3 aromatic rings. The van der Waals surface area contributed by atoms with Crippen LogP contribution in [0.1, 0.15) is 78.6 Å². The van der Waals surface area contributed by atoms with Crippen LogP contribution < -0.4 is 0 Å². The summed E-state index contributed by atoms with van der Waals surface area (Å²) < 4.78 is 2.54. The number of likely N-dealkylation sites (tertiary alicyclic amines) is 1. The Balaban J connectivity index is 1.24. The van der Waals surface area contributed by atoms with Crippen LogP contribution in [0, 0.1) is 5.92 Å². The first-order valence-electron chi connectivity index (χ1n) is 14.4. The molecular formula is C32H40N6. The Morgan fingerprint density at radius 2 is 1.89 bits per heavy atom. The van der Waals surface area contributed by atoms with E-state index in [-0.39, 0.29) is 0 Å². The van der Waals surface area contributed by atoms with Gasteiger partial charge in [-0.15, -0.1) is 0 Å². The first kappa shape index (κ1) is 25.2. The van der Waals surface area contributed by atoms with Crippen LogP contribution in [0.4, 0.5) is 0 Å². The van der Waals surface area contributed by atoms with Crippen molar-refractivity contribution in [3.8, 4) is 0 Å². The van der Waals surface area contributed by atoms with Gasteiger partial charge in [-0.1, -0.05) is 24.6 Å². The third-order valence-electron chi connectivity index (χ3n) is 8.48. The average molecular weight is 509 g/mol. The lowest BCUT2D eigenvalue weighted by molar-refractivity contribution is 0.196. The zero-order chi connectivity index (χ0) is 25.7. The van der Waals surface area contributed by atoms with Crippen molar-refractivity contribution in [1.82, 2.24) is 29.3 Å². The highest BCUT2D eigenvalue weighted by Crippen LogP contribution is 2.33. The van der Waals surface area contributed by atoms with E-state index >= 15 is 0 Å². The highest BCUT2D eigenvalue weighted by molar-refractivity contribution is 5.63. The Morgan fingerprint density at radius 3 is 2.82 bits per heavy atom. The fraction of sp³-hybridized carbons (Fsp3) is 0.469. The van der Waals surface area contributed by atoms with Crippen LogP contribution in [0.5, 0.6) is 0 Å². The number of aromatic nitrogens is 4. The van der Waals surface area contributed by atoms with Crippen LogP contribution in [-0.2, 0) is 26.1 Å². The number of aryl methyl sites for hydroxylation is 1. The largest absolute Gasteiger partial charge is 0.327 e. The molecule has 2 atom stereocenters. The van der Waals surface area contributed by atoms with Crippen LogP contribution in [0.15, 0.2) is 55.0 Å². The predicted molar refractivity (Wildman–Crippen MR) is 153 cm³/mol. The fourth-order valence-corrected chi connectivity index (χ4v) is 6.55. The molecule has 6 rings (SSSR count). The molecule has 0 aromatic carbocycles. The molecule has 3 aromatic heterocycles. The number of hydrogen-bond donors (Lipinski definition) is 0. The predicted octanol–water partition coefficient (Wildman–Crippen LogP) is 5.91. The quantitative estimate of drug-likeness (QED) is 0.397. The van der Waals surface area contributed by atoms with Gasteiger partial charge in [0, 0.05) is 38.2 Å². The zero-order valence-corrected chi connectivity index (χ0v) is 22.7. The summed E-state index contributed by atoms with van der Waals surface area (Å²) in [6.45, 7) is 5.17. The summed E-state index contributed by atoms with van der Waals surface area (Å²) >= 11 is 0. The molecule has 198 valence electrons. The molecule has 0 amide bonds. The van der Waals surface area contributed by atoms with Crippen molar-refractivity contribution in [2.45, 2.75) is 70.6 Å². The first-order valence-corrected chi connectivity index (χ1v) is 14.4. The Labute approximate surface area is 227 Å². The fourth-order valence-electron chi connectivity index (χ4n) is 6.55. The van der Waals surface area contributed by atoms with Crippen molar-refractivity contribution in [2.24, 2.45) is 5.92 Å². The highest BCUT2D eigenvalue weighted by atomic mass is 15.2. The molecule has 1 saturated heterocycles. The van der Waals surface area contributed by atoms with E-state index in [1.165, 1.54) is 60.6 Å². The van der Waals surface area contributed by atoms with E-state index in [1.807, 2.05) is 18.6 Å². The summed E-state index contributed by atoms with van der Waals surface area (Å²) in [4.78, 5) is 19.4. The number of allylic oxidation sites excluding steroid dienone is 2. The Kier molecular flexibility index (Phi) is 7.79. The molecule has 0 unspecified atom stereocenters. The summed E-state index contributed by atoms with van der Waals surface area (Å²) in [5.41, 5.74) is 6.42. The molecule has 1 fully saturated rings. The maximum Gasteiger partial charge on any atom is 0.124 e. The minimum Gasteiger partial charge on any atom is -0.327 e. The summed E-state index contributed by atoms with van der Waals surface area (Å²) in [5, 5.41) is 0. The summed E-state index contributed by atoms with van der Waals surface area (Å²) in [6, 6.07) is 8.99. The molecular weight excluding hydrogens is 468 g/mol. The SMILES string of the molecule is CN(Cc1nc2c(n1C[C@H]1CCCCN(Cc3ccncc3)C1)C=CCC=C2)[C@H]1CCCc2cccnc21. The Bertz CT molecular complexity index is 1280. The van der Waals surface area contributed by atoms with Crippen molar-refractivity contribution in [3.05, 3.63) is 89.0 Å². The molecule has 0 radical (unpaired) electrons. The molecule has 1 aliphatic heterocycles. The molecule has 2 aliphatic carbocycles. The average Bonchev–Trinajstić information content (AvgIpc) is 3.12. The van der Waals surface area contributed by atoms with E-state index in [0.717, 1.165) is 51.1 Å². The lowest BCUT2D eigenvalue weighted by Crippen LogP contribution is -2.32. The maximum absolute atomic E-state index is 5.22. The topological polar surface area (TPSA) is 50.1 Å². The molecule has 0 bridgehead atoms. The molecule has 0 saturated carbocycles. The minimum atomic E-state index is 0.352. The van der Waals surface area contributed by atoms with Crippen LogP contribution in [0.3, 0.4) is 0 Å². The smallest absolute Gasteiger partial charge is 0.124 e. The minimum absolute atomic E-state index is 0.352. The van der Waals surface area contributed by atoms with Crippen LogP contribution >= 0.6 is 0 Å². The molecule has 6 heteroatoms. The number of pyridine rings is 2. The number of rotatable bonds is 7. The lowest BCUT2D eigenvalue weighted by atomic mass is 9.91. The van der Waals surface area contributed by atoms with E-state index in [9.17, 15) is 0 Å². The van der Waals surface area contributed by atoms with Gasteiger partial charge in [0.25, 0.3) is 0 Å². The number of hydrogen-bond acceptors (Lipinski definition) is 5. The second-order valence-corrected chi connectivity index (χ2v) is 11.3. The van der Waals surface area contributed by atoms with E-state index in [0.29, 0.717) is 12.0 Å². The number of imidazole rings is 1. The van der Waals surface area contributed by atoms with E-state index in [4.69, 9.17) is 9.97 Å². The second-order valence-electron chi connectivity index (χ2n) is 11.3. The van der Waals surface area contributed by atoms with Crippen LogP contribution in [-0.4, -0.2) is 49.5 Å². The lowest BCUT2D eigenvalue weighted by Gasteiger charge is -2.32. The number of nitrogens with zero attached hydrogens (tertiary/aromatic N) is 6. The normalized spacial score (nSPS) is 21.6. The first-order chi connectivity index (χ1) is 18.7. The van der Waals surface area contributed by atoms with E-state index < -0.39 is 0 Å². The maximum atomic E-state index is 5.22. The van der Waals surface area contributed by atoms with Gasteiger partial charge in [0.2, 0.25) is 0 Å². The van der Waals surface area contributed by atoms with Gasteiger partial charge in [0.05, 0.1) is 29.7 Å².